The van der Waals surface area contributed by atoms with Crippen LogP contribution in [0.25, 0.3) is 0 Å². The van der Waals surface area contributed by atoms with E-state index in [4.69, 9.17) is 14.2 Å². The molecule has 0 saturated heterocycles. The van der Waals surface area contributed by atoms with Gasteiger partial charge in [0.2, 0.25) is 5.88 Å². The second-order valence-electron chi connectivity index (χ2n) is 4.70. The van der Waals surface area contributed by atoms with E-state index >= 15 is 0 Å². The monoisotopic (exact) mass is 320 g/mol. The third-order valence-electron chi connectivity index (χ3n) is 2.86. The van der Waals surface area contributed by atoms with E-state index in [2.05, 4.69) is 20.4 Å². The Morgan fingerprint density at radius 2 is 1.50 bits per heavy atom. The van der Waals surface area contributed by atoms with Crippen LogP contribution in [-0.2, 0) is 0 Å². The van der Waals surface area contributed by atoms with Crippen LogP contribution >= 0.6 is 11.8 Å². The van der Waals surface area contributed by atoms with Crippen LogP contribution in [0.1, 0.15) is 11.4 Å². The number of nitrogens with zero attached hydrogens (tertiary/aromatic N) is 4. The highest BCUT2D eigenvalue weighted by Gasteiger charge is 2.13. The van der Waals surface area contributed by atoms with Gasteiger partial charge in [0.15, 0.2) is 5.75 Å². The lowest BCUT2D eigenvalue weighted by Crippen LogP contribution is -2.16. The van der Waals surface area contributed by atoms with E-state index in [1.54, 1.807) is 11.8 Å². The molecule has 0 amide bonds. The molecule has 2 aromatic rings. The van der Waals surface area contributed by atoms with Crippen LogP contribution in [0.15, 0.2) is 17.0 Å². The molecule has 0 spiro atoms. The highest BCUT2D eigenvalue weighted by Crippen LogP contribution is 2.30. The molecule has 8 heteroatoms. The normalized spacial score (nSPS) is 15.0. The molecule has 2 aromatic heterocycles. The first-order valence-corrected chi connectivity index (χ1v) is 7.91. The molecule has 4 rings (SSSR count). The van der Waals surface area contributed by atoms with Crippen LogP contribution in [0.3, 0.4) is 0 Å². The first kappa shape index (κ1) is 14.8. The molecular weight excluding hydrogens is 304 g/mol. The maximum absolute atomic E-state index is 5.28. The van der Waals surface area contributed by atoms with Crippen LogP contribution in [0.2, 0.25) is 0 Å². The molecule has 0 unspecified atom stereocenters. The molecule has 22 heavy (non-hydrogen) atoms. The molecule has 4 heterocycles. The van der Waals surface area contributed by atoms with E-state index in [-0.39, 0.29) is 0 Å². The van der Waals surface area contributed by atoms with Crippen molar-refractivity contribution in [1.82, 2.24) is 20.4 Å². The van der Waals surface area contributed by atoms with Crippen LogP contribution in [-0.4, -0.2) is 46.0 Å². The smallest absolute Gasteiger partial charge is 0.276 e. The Morgan fingerprint density at radius 1 is 0.818 bits per heavy atom. The first-order chi connectivity index (χ1) is 10.7. The number of thioether (sulfide) groups is 1. The lowest BCUT2D eigenvalue weighted by atomic mass is 10.4. The zero-order valence-corrected chi connectivity index (χ0v) is 13.2. The van der Waals surface area contributed by atoms with Gasteiger partial charge >= 0.3 is 0 Å². The summed E-state index contributed by atoms with van der Waals surface area (Å²) >= 11 is 1.78. The Labute approximate surface area is 132 Å². The zero-order chi connectivity index (χ0) is 15.4. The van der Waals surface area contributed by atoms with Gasteiger partial charge in [0.1, 0.15) is 13.2 Å². The van der Waals surface area contributed by atoms with Crippen molar-refractivity contribution < 1.29 is 14.2 Å². The minimum atomic E-state index is 0.502. The minimum Gasteiger partial charge on any atom is -0.484 e. The largest absolute Gasteiger partial charge is 0.484 e. The van der Waals surface area contributed by atoms with Crippen LogP contribution < -0.4 is 14.2 Å². The van der Waals surface area contributed by atoms with Gasteiger partial charge in [0, 0.05) is 11.8 Å². The van der Waals surface area contributed by atoms with Crippen molar-refractivity contribution in [2.75, 3.05) is 25.6 Å². The van der Waals surface area contributed by atoms with Gasteiger partial charge in [0.05, 0.1) is 22.9 Å². The van der Waals surface area contributed by atoms with E-state index in [1.807, 2.05) is 26.0 Å². The number of aryl methyl sites for hydroxylation is 2. The maximum Gasteiger partial charge on any atom is 0.276 e. The molecule has 0 bridgehead atoms. The van der Waals surface area contributed by atoms with E-state index in [0.717, 1.165) is 28.6 Å². The maximum atomic E-state index is 5.28. The fourth-order valence-electron chi connectivity index (χ4n) is 1.89. The van der Waals surface area contributed by atoms with Gasteiger partial charge < -0.3 is 14.2 Å². The third kappa shape index (κ3) is 3.56. The van der Waals surface area contributed by atoms with Crippen molar-refractivity contribution in [3.63, 3.8) is 0 Å². The Bertz CT molecular complexity index is 611. The molecule has 0 aromatic carbocycles. The number of rotatable bonds is 0. The summed E-state index contributed by atoms with van der Waals surface area (Å²) in [6.07, 6.45) is 0. The number of hydrogen-bond acceptors (Lipinski definition) is 8. The highest BCUT2D eigenvalue weighted by molar-refractivity contribution is 7.99. The summed E-state index contributed by atoms with van der Waals surface area (Å²) in [5.74, 6) is 2.90. The van der Waals surface area contributed by atoms with Gasteiger partial charge in [-0.3, -0.25) is 0 Å². The molecule has 0 N–H and O–H groups in total. The molecule has 7 nitrogen and oxygen atoms in total. The molecular formula is C14H16N4O3S. The van der Waals surface area contributed by atoms with Gasteiger partial charge in [-0.2, -0.15) is 10.2 Å². The quantitative estimate of drug-likeness (QED) is 0.727. The number of hydrogen-bond donors (Lipinski definition) is 0. The van der Waals surface area contributed by atoms with Crippen molar-refractivity contribution >= 4 is 11.8 Å². The molecule has 2 aliphatic rings. The Kier molecular flexibility index (Phi) is 4.57. The molecule has 0 saturated carbocycles. The molecule has 0 aliphatic carbocycles. The van der Waals surface area contributed by atoms with E-state index in [1.165, 1.54) is 0 Å². The zero-order valence-electron chi connectivity index (χ0n) is 12.4. The topological polar surface area (TPSA) is 79.3 Å². The number of fused-ring (bicyclic) bond motifs is 2. The predicted octanol–water partition coefficient (Wildman–Crippen LogP) is 1.83. The Morgan fingerprint density at radius 3 is 2.36 bits per heavy atom. The lowest BCUT2D eigenvalue weighted by molar-refractivity contribution is 0.162. The predicted molar refractivity (Wildman–Crippen MR) is 80.7 cm³/mol. The summed E-state index contributed by atoms with van der Waals surface area (Å²) in [4.78, 5) is 1.11. The van der Waals surface area contributed by atoms with Crippen molar-refractivity contribution in [3.8, 4) is 17.5 Å². The average molecular weight is 320 g/mol. The van der Waals surface area contributed by atoms with Crippen LogP contribution in [0.4, 0.5) is 0 Å². The third-order valence-corrected chi connectivity index (χ3v) is 3.83. The minimum absolute atomic E-state index is 0.502. The van der Waals surface area contributed by atoms with Gasteiger partial charge in [-0.15, -0.1) is 22.0 Å². The van der Waals surface area contributed by atoms with Gasteiger partial charge in [-0.05, 0) is 19.9 Å². The van der Waals surface area contributed by atoms with Crippen molar-refractivity contribution in [1.29, 1.82) is 0 Å². The molecule has 0 atom stereocenters. The SMILES string of the molecule is Cc1cc2c(nn1)OCCO2.Cc1cc2c(nn1)OCCS2. The number of aromatic nitrogens is 4. The van der Waals surface area contributed by atoms with E-state index in [9.17, 15) is 0 Å². The van der Waals surface area contributed by atoms with Gasteiger partial charge in [-0.1, -0.05) is 0 Å². The van der Waals surface area contributed by atoms with Crippen molar-refractivity contribution in [3.05, 3.63) is 23.5 Å². The average Bonchev–Trinajstić information content (AvgIpc) is 2.55. The summed E-state index contributed by atoms with van der Waals surface area (Å²) in [5, 5.41) is 15.5. The molecule has 116 valence electrons. The number of ether oxygens (including phenoxy) is 3. The summed E-state index contributed by atoms with van der Waals surface area (Å²) in [5.41, 5.74) is 1.79. The van der Waals surface area contributed by atoms with Gasteiger partial charge in [-0.25, -0.2) is 0 Å². The van der Waals surface area contributed by atoms with Crippen molar-refractivity contribution in [2.45, 2.75) is 18.7 Å². The Hall–Kier alpha value is -2.09. The summed E-state index contributed by atoms with van der Waals surface area (Å²) in [6.45, 7) is 5.70. The molecule has 0 radical (unpaired) electrons. The van der Waals surface area contributed by atoms with Crippen LogP contribution in [0, 0.1) is 13.8 Å². The fourth-order valence-corrected chi connectivity index (χ4v) is 2.76. The fraction of sp³-hybridized carbons (Fsp3) is 0.429. The second-order valence-corrected chi connectivity index (χ2v) is 5.84. The summed E-state index contributed by atoms with van der Waals surface area (Å²) in [7, 11) is 0. The summed E-state index contributed by atoms with van der Waals surface area (Å²) in [6, 6.07) is 3.83. The molecule has 0 fully saturated rings. The summed E-state index contributed by atoms with van der Waals surface area (Å²) < 4.78 is 15.7. The van der Waals surface area contributed by atoms with E-state index in [0.29, 0.717) is 30.7 Å². The van der Waals surface area contributed by atoms with Crippen LogP contribution in [0.5, 0.6) is 17.5 Å². The van der Waals surface area contributed by atoms with E-state index < -0.39 is 0 Å². The highest BCUT2D eigenvalue weighted by atomic mass is 32.2. The standard InChI is InChI=1S/C7H8N2O2.C7H8N2OS/c1-5-4-6-7(9-8-5)11-3-2-10-6;1-5-4-6-7(9-8-5)10-2-3-11-6/h2*4H,2-3H2,1H3. The second kappa shape index (κ2) is 6.78. The van der Waals surface area contributed by atoms with Gasteiger partial charge in [0.25, 0.3) is 5.88 Å². The van der Waals surface area contributed by atoms with Crippen molar-refractivity contribution in [2.24, 2.45) is 0 Å². The Balaban J connectivity index is 0.000000131. The lowest BCUT2D eigenvalue weighted by Gasteiger charge is -2.15. The first-order valence-electron chi connectivity index (χ1n) is 6.92. The molecule has 2 aliphatic heterocycles.